The molecule has 27 heavy (non-hydrogen) atoms. The molecule has 0 aliphatic carbocycles. The van der Waals surface area contributed by atoms with Crippen LogP contribution in [0.25, 0.3) is 5.69 Å². The van der Waals surface area contributed by atoms with Gasteiger partial charge >= 0.3 is 5.69 Å². The van der Waals surface area contributed by atoms with Crippen LogP contribution in [-0.4, -0.2) is 30.8 Å². The van der Waals surface area contributed by atoms with Crippen molar-refractivity contribution in [2.24, 2.45) is 4.99 Å². The molecule has 0 radical (unpaired) electrons. The van der Waals surface area contributed by atoms with Crippen LogP contribution in [0.15, 0.2) is 43.8 Å². The summed E-state index contributed by atoms with van der Waals surface area (Å²) in [6.45, 7) is 3.73. The van der Waals surface area contributed by atoms with E-state index in [4.69, 9.17) is 12.2 Å². The maximum atomic E-state index is 12.2. The molecule has 0 aliphatic heterocycles. The molecular formula is C17H15N5O4S. The van der Waals surface area contributed by atoms with Gasteiger partial charge in [0, 0.05) is 12.4 Å². The summed E-state index contributed by atoms with van der Waals surface area (Å²) >= 11 is 5.19. The highest BCUT2D eigenvalue weighted by molar-refractivity contribution is 7.71. The summed E-state index contributed by atoms with van der Waals surface area (Å²) in [5.41, 5.74) is -0.00798. The number of aliphatic imine (C=N–C) groups is 1. The van der Waals surface area contributed by atoms with Gasteiger partial charge in [0.05, 0.1) is 5.69 Å². The standard InChI is InChI=1S/C17H15N5O4S/c1-8-3-4-9(2)12(5-8)22-15(25)10(13(23)21-17(22)27)6-18-11-7-19-16(26)20-14(11)24/h3-7,25H,1-2H3,(H,21,23,27)(H2,19,20,24,26). The number of nitrogens with one attached hydrogen (secondary N) is 3. The van der Waals surface area contributed by atoms with Gasteiger partial charge in [-0.25, -0.2) is 9.79 Å². The molecule has 9 nitrogen and oxygen atoms in total. The van der Waals surface area contributed by atoms with E-state index in [1.807, 2.05) is 37.0 Å². The quantitative estimate of drug-likeness (QED) is 0.398. The Bertz CT molecular complexity index is 1300. The molecule has 0 atom stereocenters. The van der Waals surface area contributed by atoms with Gasteiger partial charge < -0.3 is 10.1 Å². The molecule has 0 aliphatic rings. The van der Waals surface area contributed by atoms with Crippen molar-refractivity contribution in [2.45, 2.75) is 13.8 Å². The van der Waals surface area contributed by atoms with Crippen LogP contribution in [-0.2, 0) is 0 Å². The second-order valence-corrected chi connectivity index (χ2v) is 6.22. The van der Waals surface area contributed by atoms with Gasteiger partial charge in [-0.3, -0.25) is 24.1 Å². The highest BCUT2D eigenvalue weighted by Gasteiger charge is 2.14. The van der Waals surface area contributed by atoms with Crippen molar-refractivity contribution in [1.29, 1.82) is 0 Å². The fraction of sp³-hybridized carbons (Fsp3) is 0.118. The Morgan fingerprint density at radius 1 is 1.15 bits per heavy atom. The minimum Gasteiger partial charge on any atom is -0.494 e. The summed E-state index contributed by atoms with van der Waals surface area (Å²) < 4.78 is 1.34. The number of aryl methyl sites for hydroxylation is 2. The first-order chi connectivity index (χ1) is 12.8. The van der Waals surface area contributed by atoms with E-state index < -0.39 is 22.7 Å². The van der Waals surface area contributed by atoms with Crippen LogP contribution < -0.4 is 16.8 Å². The third-order valence-electron chi connectivity index (χ3n) is 3.86. The number of aromatic amines is 3. The van der Waals surface area contributed by atoms with Gasteiger partial charge in [-0.1, -0.05) is 12.1 Å². The largest absolute Gasteiger partial charge is 0.494 e. The summed E-state index contributed by atoms with van der Waals surface area (Å²) in [4.78, 5) is 45.6. The summed E-state index contributed by atoms with van der Waals surface area (Å²) in [6.07, 6.45) is 2.14. The van der Waals surface area contributed by atoms with Crippen LogP contribution in [0.4, 0.5) is 5.69 Å². The number of benzene rings is 1. The second kappa shape index (κ2) is 7.00. The highest BCUT2D eigenvalue weighted by atomic mass is 32.1. The minimum atomic E-state index is -0.729. The van der Waals surface area contributed by atoms with Crippen LogP contribution in [0, 0.1) is 18.6 Å². The van der Waals surface area contributed by atoms with E-state index in [1.54, 1.807) is 0 Å². The molecule has 0 spiro atoms. The van der Waals surface area contributed by atoms with Crippen molar-refractivity contribution in [3.05, 3.63) is 77.0 Å². The van der Waals surface area contributed by atoms with Gasteiger partial charge in [-0.2, -0.15) is 0 Å². The lowest BCUT2D eigenvalue weighted by Gasteiger charge is -2.14. The average molecular weight is 385 g/mol. The van der Waals surface area contributed by atoms with Gasteiger partial charge in [0.25, 0.3) is 11.1 Å². The van der Waals surface area contributed by atoms with Gasteiger partial charge in [0.15, 0.2) is 4.77 Å². The number of hydrogen-bond acceptors (Lipinski definition) is 6. The Labute approximate surface area is 156 Å². The van der Waals surface area contributed by atoms with E-state index in [9.17, 15) is 19.5 Å². The lowest BCUT2D eigenvalue weighted by atomic mass is 10.1. The maximum Gasteiger partial charge on any atom is 0.325 e. The fourth-order valence-corrected chi connectivity index (χ4v) is 2.75. The van der Waals surface area contributed by atoms with Crippen molar-refractivity contribution in [1.82, 2.24) is 19.5 Å². The number of H-pyrrole nitrogens is 3. The molecule has 4 N–H and O–H groups in total. The van der Waals surface area contributed by atoms with Crippen molar-refractivity contribution >= 4 is 24.1 Å². The monoisotopic (exact) mass is 385 g/mol. The molecule has 2 heterocycles. The predicted octanol–water partition coefficient (Wildman–Crippen LogP) is 1.34. The topological polar surface area (TPSA) is 136 Å². The first kappa shape index (κ1) is 18.3. The second-order valence-electron chi connectivity index (χ2n) is 5.84. The van der Waals surface area contributed by atoms with Crippen LogP contribution in [0.5, 0.6) is 5.88 Å². The van der Waals surface area contributed by atoms with E-state index in [0.29, 0.717) is 5.69 Å². The first-order valence-electron chi connectivity index (χ1n) is 7.80. The van der Waals surface area contributed by atoms with E-state index in [1.165, 1.54) is 4.57 Å². The van der Waals surface area contributed by atoms with E-state index >= 15 is 0 Å². The van der Waals surface area contributed by atoms with Crippen molar-refractivity contribution in [3.63, 3.8) is 0 Å². The predicted molar refractivity (Wildman–Crippen MR) is 103 cm³/mol. The zero-order valence-electron chi connectivity index (χ0n) is 14.4. The third-order valence-corrected chi connectivity index (χ3v) is 4.14. The van der Waals surface area contributed by atoms with Gasteiger partial charge in [-0.05, 0) is 43.3 Å². The number of nitrogens with zero attached hydrogens (tertiary/aromatic N) is 2. The number of aromatic hydroxyl groups is 1. The molecule has 3 aromatic rings. The molecular weight excluding hydrogens is 370 g/mol. The molecule has 10 heteroatoms. The zero-order valence-corrected chi connectivity index (χ0v) is 15.2. The van der Waals surface area contributed by atoms with Gasteiger partial charge in [0.1, 0.15) is 11.3 Å². The first-order valence-corrected chi connectivity index (χ1v) is 8.21. The highest BCUT2D eigenvalue weighted by Crippen LogP contribution is 2.22. The van der Waals surface area contributed by atoms with Gasteiger partial charge in [-0.15, -0.1) is 0 Å². The van der Waals surface area contributed by atoms with Crippen molar-refractivity contribution < 1.29 is 5.11 Å². The van der Waals surface area contributed by atoms with E-state index in [2.05, 4.69) is 15.0 Å². The molecule has 0 saturated carbocycles. The van der Waals surface area contributed by atoms with Crippen LogP contribution in [0.1, 0.15) is 16.7 Å². The average Bonchev–Trinajstić information content (AvgIpc) is 2.59. The molecule has 0 unspecified atom stereocenters. The maximum absolute atomic E-state index is 12.2. The molecule has 3 rings (SSSR count). The van der Waals surface area contributed by atoms with E-state index in [0.717, 1.165) is 23.5 Å². The SMILES string of the molecule is Cc1ccc(C)c(-n2c(O)c(C=Nc3c[nH]c(=O)[nH]c3=O)c(=O)[nH]c2=S)c1. The summed E-state index contributed by atoms with van der Waals surface area (Å²) in [5.74, 6) is -0.415. The summed E-state index contributed by atoms with van der Waals surface area (Å²) in [5, 5.41) is 10.7. The molecule has 0 bridgehead atoms. The van der Waals surface area contributed by atoms with E-state index in [-0.39, 0.29) is 16.0 Å². The Hall–Kier alpha value is -3.53. The minimum absolute atomic E-state index is 0.0187. The van der Waals surface area contributed by atoms with Crippen LogP contribution >= 0.6 is 12.2 Å². The fourth-order valence-electron chi connectivity index (χ4n) is 2.47. The molecule has 1 aromatic carbocycles. The molecule has 2 aromatic heterocycles. The summed E-state index contributed by atoms with van der Waals surface area (Å²) in [7, 11) is 0. The lowest BCUT2D eigenvalue weighted by molar-refractivity contribution is 0.432. The normalized spacial score (nSPS) is 11.2. The number of aromatic nitrogens is 4. The van der Waals surface area contributed by atoms with Crippen LogP contribution in [0.2, 0.25) is 0 Å². The Morgan fingerprint density at radius 3 is 2.59 bits per heavy atom. The Balaban J connectivity index is 2.21. The Morgan fingerprint density at radius 2 is 1.89 bits per heavy atom. The lowest BCUT2D eigenvalue weighted by Crippen LogP contribution is -2.21. The zero-order chi connectivity index (χ0) is 19.7. The molecule has 138 valence electrons. The smallest absolute Gasteiger partial charge is 0.325 e. The third kappa shape index (κ3) is 3.55. The molecule has 0 fully saturated rings. The number of hydrogen-bond donors (Lipinski definition) is 4. The number of rotatable bonds is 3. The molecule has 0 amide bonds. The van der Waals surface area contributed by atoms with Crippen LogP contribution in [0.3, 0.4) is 0 Å². The Kier molecular flexibility index (Phi) is 4.74. The van der Waals surface area contributed by atoms with Crippen molar-refractivity contribution in [2.75, 3.05) is 0 Å². The summed E-state index contributed by atoms with van der Waals surface area (Å²) in [6, 6.07) is 5.59. The van der Waals surface area contributed by atoms with Gasteiger partial charge in [0.2, 0.25) is 5.88 Å². The molecule has 0 saturated heterocycles. The van der Waals surface area contributed by atoms with Crippen molar-refractivity contribution in [3.8, 4) is 11.6 Å².